The molecule has 3 amide bonds. The first-order valence-electron chi connectivity index (χ1n) is 9.41. The number of Topliss-reactive ketones (excluding diaryl/α,β-unsaturated/α-hetero) is 1. The fourth-order valence-electron chi connectivity index (χ4n) is 3.37. The lowest BCUT2D eigenvalue weighted by molar-refractivity contribution is -0.131. The minimum absolute atomic E-state index is 0.0415. The van der Waals surface area contributed by atoms with Crippen LogP contribution in [0.1, 0.15) is 29.8 Å². The monoisotopic (exact) mass is 412 g/mol. The Morgan fingerprint density at radius 1 is 1.03 bits per heavy atom. The number of imide groups is 1. The molecule has 1 aliphatic rings. The number of amides is 3. The molecule has 1 saturated heterocycles. The summed E-state index contributed by atoms with van der Waals surface area (Å²) in [5.74, 6) is 0.876. The van der Waals surface area contributed by atoms with Crippen molar-refractivity contribution in [2.75, 3.05) is 27.4 Å². The summed E-state index contributed by atoms with van der Waals surface area (Å²) in [6, 6.07) is 11.4. The molecule has 0 aliphatic carbocycles. The van der Waals surface area contributed by atoms with E-state index in [1.807, 2.05) is 0 Å². The van der Waals surface area contributed by atoms with Crippen LogP contribution in [-0.2, 0) is 10.3 Å². The lowest BCUT2D eigenvalue weighted by atomic mass is 9.91. The highest BCUT2D eigenvalue weighted by Crippen LogP contribution is 2.35. The number of carbonyl (C=O) groups is 3. The van der Waals surface area contributed by atoms with Crippen molar-refractivity contribution < 1.29 is 28.6 Å². The van der Waals surface area contributed by atoms with Crippen LogP contribution in [0.4, 0.5) is 4.79 Å². The largest absolute Gasteiger partial charge is 0.493 e. The maximum absolute atomic E-state index is 13.1. The van der Waals surface area contributed by atoms with Crippen LogP contribution in [-0.4, -0.2) is 50.0 Å². The van der Waals surface area contributed by atoms with Gasteiger partial charge < -0.3 is 19.5 Å². The van der Waals surface area contributed by atoms with Crippen LogP contribution in [0.15, 0.2) is 42.5 Å². The van der Waals surface area contributed by atoms with Crippen molar-refractivity contribution in [3.63, 3.8) is 0 Å². The molecule has 1 fully saturated rings. The molecule has 1 N–H and O–H groups in total. The van der Waals surface area contributed by atoms with E-state index in [4.69, 9.17) is 14.2 Å². The molecule has 158 valence electrons. The highest BCUT2D eigenvalue weighted by molar-refractivity contribution is 6.07. The topological polar surface area (TPSA) is 94.2 Å². The van der Waals surface area contributed by atoms with Gasteiger partial charge in [0.25, 0.3) is 5.91 Å². The van der Waals surface area contributed by atoms with E-state index in [1.165, 1.54) is 21.1 Å². The number of methoxy groups -OCH3 is 2. The number of benzene rings is 2. The van der Waals surface area contributed by atoms with E-state index in [1.54, 1.807) is 49.4 Å². The first kappa shape index (κ1) is 21.2. The van der Waals surface area contributed by atoms with Crippen LogP contribution in [0.5, 0.6) is 17.2 Å². The molecule has 0 aromatic heterocycles. The standard InChI is InChI=1S/C22H24N2O6/c1-14(25)16-7-5-6-8-17(16)30-12-11-24-20(26)22(2,23-21(24)27)15-9-10-18(28-3)19(13-15)29-4/h5-10,13H,11-12H2,1-4H3,(H,23,27). The van der Waals surface area contributed by atoms with Crippen LogP contribution < -0.4 is 19.5 Å². The van der Waals surface area contributed by atoms with E-state index in [9.17, 15) is 14.4 Å². The minimum atomic E-state index is -1.24. The smallest absolute Gasteiger partial charge is 0.325 e. The Morgan fingerprint density at radius 3 is 2.40 bits per heavy atom. The number of nitrogens with zero attached hydrogens (tertiary/aromatic N) is 1. The zero-order valence-electron chi connectivity index (χ0n) is 17.4. The number of nitrogens with one attached hydrogen (secondary N) is 1. The van der Waals surface area contributed by atoms with E-state index >= 15 is 0 Å². The van der Waals surface area contributed by atoms with Crippen LogP contribution in [0.25, 0.3) is 0 Å². The number of rotatable bonds is 8. The fourth-order valence-corrected chi connectivity index (χ4v) is 3.37. The van der Waals surface area contributed by atoms with Gasteiger partial charge in [-0.05, 0) is 43.7 Å². The van der Waals surface area contributed by atoms with Crippen molar-refractivity contribution in [3.8, 4) is 17.2 Å². The molecule has 8 heteroatoms. The molecule has 0 bridgehead atoms. The molecular weight excluding hydrogens is 388 g/mol. The van der Waals surface area contributed by atoms with Gasteiger partial charge >= 0.3 is 6.03 Å². The first-order chi connectivity index (χ1) is 14.3. The van der Waals surface area contributed by atoms with Gasteiger partial charge in [-0.1, -0.05) is 18.2 Å². The lowest BCUT2D eigenvalue weighted by Crippen LogP contribution is -2.41. The Balaban J connectivity index is 1.74. The highest BCUT2D eigenvalue weighted by atomic mass is 16.5. The van der Waals surface area contributed by atoms with Gasteiger partial charge in [-0.2, -0.15) is 0 Å². The van der Waals surface area contributed by atoms with E-state index in [-0.39, 0.29) is 18.9 Å². The summed E-state index contributed by atoms with van der Waals surface area (Å²) < 4.78 is 16.2. The van der Waals surface area contributed by atoms with Gasteiger partial charge in [0.1, 0.15) is 17.9 Å². The van der Waals surface area contributed by atoms with Gasteiger partial charge in [-0.15, -0.1) is 0 Å². The summed E-state index contributed by atoms with van der Waals surface area (Å²) in [6.07, 6.45) is 0. The molecule has 8 nitrogen and oxygen atoms in total. The van der Waals surface area contributed by atoms with Crippen LogP contribution >= 0.6 is 0 Å². The maximum atomic E-state index is 13.1. The molecule has 2 aromatic carbocycles. The number of carbonyl (C=O) groups excluding carboxylic acids is 3. The summed E-state index contributed by atoms with van der Waals surface area (Å²) in [6.45, 7) is 3.19. The molecule has 3 rings (SSSR count). The molecule has 1 aliphatic heterocycles. The maximum Gasteiger partial charge on any atom is 0.325 e. The second-order valence-corrected chi connectivity index (χ2v) is 6.98. The van der Waals surface area contributed by atoms with Gasteiger partial charge in [-0.25, -0.2) is 4.79 Å². The molecule has 0 spiro atoms. The normalized spacial score (nSPS) is 18.2. The summed E-state index contributed by atoms with van der Waals surface area (Å²) in [5.41, 5.74) is -0.220. The van der Waals surface area contributed by atoms with Crippen molar-refractivity contribution in [1.82, 2.24) is 10.2 Å². The fraction of sp³-hybridized carbons (Fsp3) is 0.318. The highest BCUT2D eigenvalue weighted by Gasteiger charge is 2.49. The summed E-state index contributed by atoms with van der Waals surface area (Å²) in [7, 11) is 3.02. The second kappa shape index (κ2) is 8.44. The summed E-state index contributed by atoms with van der Waals surface area (Å²) in [4.78, 5) is 38.4. The van der Waals surface area contributed by atoms with Gasteiger partial charge in [0.05, 0.1) is 26.3 Å². The van der Waals surface area contributed by atoms with Crippen molar-refractivity contribution in [1.29, 1.82) is 0 Å². The summed E-state index contributed by atoms with van der Waals surface area (Å²) >= 11 is 0. The third-order valence-electron chi connectivity index (χ3n) is 5.07. The summed E-state index contributed by atoms with van der Waals surface area (Å²) in [5, 5.41) is 2.74. The first-order valence-corrected chi connectivity index (χ1v) is 9.41. The lowest BCUT2D eigenvalue weighted by Gasteiger charge is -2.23. The Kier molecular flexibility index (Phi) is 5.96. The number of hydrogen-bond acceptors (Lipinski definition) is 6. The van der Waals surface area contributed by atoms with E-state index in [2.05, 4.69) is 5.32 Å². The molecule has 1 unspecified atom stereocenters. The predicted molar refractivity (Wildman–Crippen MR) is 109 cm³/mol. The second-order valence-electron chi connectivity index (χ2n) is 6.98. The molecule has 0 radical (unpaired) electrons. The molecule has 2 aromatic rings. The van der Waals surface area contributed by atoms with Gasteiger partial charge in [0.15, 0.2) is 17.3 Å². The number of urea groups is 1. The predicted octanol–water partition coefficient (Wildman–Crippen LogP) is 2.75. The molecular formula is C22H24N2O6. The Hall–Kier alpha value is -3.55. The quantitative estimate of drug-likeness (QED) is 0.529. The van der Waals surface area contributed by atoms with Crippen LogP contribution in [0, 0.1) is 0 Å². The van der Waals surface area contributed by atoms with E-state index in [0.717, 1.165) is 4.90 Å². The Bertz CT molecular complexity index is 989. The average Bonchev–Trinajstić information content (AvgIpc) is 2.97. The van der Waals surface area contributed by atoms with Gasteiger partial charge in [0, 0.05) is 0 Å². The number of ketones is 1. The van der Waals surface area contributed by atoms with Crippen LogP contribution in [0.2, 0.25) is 0 Å². The van der Waals surface area contributed by atoms with Crippen molar-refractivity contribution >= 4 is 17.7 Å². The van der Waals surface area contributed by atoms with Gasteiger partial charge in [0.2, 0.25) is 0 Å². The number of hydrogen-bond donors (Lipinski definition) is 1. The minimum Gasteiger partial charge on any atom is -0.493 e. The van der Waals surface area contributed by atoms with Crippen molar-refractivity contribution in [2.24, 2.45) is 0 Å². The molecule has 0 saturated carbocycles. The number of para-hydroxylation sites is 1. The van der Waals surface area contributed by atoms with Gasteiger partial charge in [-0.3, -0.25) is 14.5 Å². The number of ether oxygens (including phenoxy) is 3. The molecule has 1 heterocycles. The zero-order chi connectivity index (χ0) is 21.9. The molecule has 30 heavy (non-hydrogen) atoms. The zero-order valence-corrected chi connectivity index (χ0v) is 17.4. The average molecular weight is 412 g/mol. The van der Waals surface area contributed by atoms with Crippen molar-refractivity contribution in [3.05, 3.63) is 53.6 Å². The van der Waals surface area contributed by atoms with Crippen LogP contribution in [0.3, 0.4) is 0 Å². The third kappa shape index (κ3) is 3.80. The molecule has 1 atom stereocenters. The SMILES string of the molecule is COc1ccc(C2(C)NC(=O)N(CCOc3ccccc3C(C)=O)C2=O)cc1OC. The Morgan fingerprint density at radius 2 is 1.73 bits per heavy atom. The van der Waals surface area contributed by atoms with Crippen molar-refractivity contribution in [2.45, 2.75) is 19.4 Å². The Labute approximate surface area is 174 Å². The third-order valence-corrected chi connectivity index (χ3v) is 5.07. The van der Waals surface area contributed by atoms with E-state index in [0.29, 0.717) is 28.4 Å². The van der Waals surface area contributed by atoms with E-state index < -0.39 is 17.5 Å².